The number of benzene rings is 1. The summed E-state index contributed by atoms with van der Waals surface area (Å²) in [6.45, 7) is 0.956. The lowest BCUT2D eigenvalue weighted by Crippen LogP contribution is -2.26. The SMILES string of the molecule is N=NC(c1ncnc2c1C=CCC2)C1CCC(CNc2ccc3c(c2)NC(=O)CO3)CC1. The molecule has 1 unspecified atom stereocenters. The quantitative estimate of drug-likeness (QED) is 0.570. The molecule has 0 bridgehead atoms. The van der Waals surface area contributed by atoms with E-state index in [0.29, 0.717) is 17.6 Å². The van der Waals surface area contributed by atoms with Gasteiger partial charge in [-0.3, -0.25) is 4.79 Å². The average Bonchev–Trinajstić information content (AvgIpc) is 2.84. The van der Waals surface area contributed by atoms with Crippen LogP contribution in [0.5, 0.6) is 5.75 Å². The molecule has 0 radical (unpaired) electrons. The highest BCUT2D eigenvalue weighted by molar-refractivity contribution is 5.96. The third-order valence-corrected chi connectivity index (χ3v) is 6.79. The number of fused-ring (bicyclic) bond motifs is 2. The van der Waals surface area contributed by atoms with Gasteiger partial charge in [-0.2, -0.15) is 5.11 Å². The Labute approximate surface area is 187 Å². The molecule has 8 nitrogen and oxygen atoms in total. The van der Waals surface area contributed by atoms with Gasteiger partial charge in [0.15, 0.2) is 6.61 Å². The maximum absolute atomic E-state index is 11.5. The molecule has 1 amide bonds. The highest BCUT2D eigenvalue weighted by Gasteiger charge is 2.31. The third-order valence-electron chi connectivity index (χ3n) is 6.79. The monoisotopic (exact) mass is 432 g/mol. The van der Waals surface area contributed by atoms with Gasteiger partial charge in [0.1, 0.15) is 18.1 Å². The van der Waals surface area contributed by atoms with E-state index in [0.717, 1.165) is 73.4 Å². The molecule has 32 heavy (non-hydrogen) atoms. The fourth-order valence-electron chi connectivity index (χ4n) is 5.04. The minimum Gasteiger partial charge on any atom is -0.482 e. The zero-order chi connectivity index (χ0) is 21.9. The predicted octanol–water partition coefficient (Wildman–Crippen LogP) is 4.76. The van der Waals surface area contributed by atoms with Crippen LogP contribution in [0.3, 0.4) is 0 Å². The fraction of sp³-hybridized carbons (Fsp3) is 0.458. The number of nitrogens with zero attached hydrogens (tertiary/aromatic N) is 3. The van der Waals surface area contributed by atoms with Crippen LogP contribution in [0.2, 0.25) is 0 Å². The summed E-state index contributed by atoms with van der Waals surface area (Å²) < 4.78 is 5.42. The highest BCUT2D eigenvalue weighted by Crippen LogP contribution is 2.40. The molecule has 2 aromatic rings. The Kier molecular flexibility index (Phi) is 5.83. The summed E-state index contributed by atoms with van der Waals surface area (Å²) in [7, 11) is 0. The van der Waals surface area contributed by atoms with E-state index in [1.54, 1.807) is 6.33 Å². The minimum atomic E-state index is -0.187. The number of carbonyl (C=O) groups is 1. The number of hydrogen-bond acceptors (Lipinski definition) is 7. The summed E-state index contributed by atoms with van der Waals surface area (Å²) in [5.74, 6) is 1.50. The van der Waals surface area contributed by atoms with E-state index in [-0.39, 0.29) is 18.6 Å². The van der Waals surface area contributed by atoms with Crippen molar-refractivity contribution in [2.24, 2.45) is 17.0 Å². The molecule has 2 heterocycles. The van der Waals surface area contributed by atoms with Crippen molar-refractivity contribution in [3.63, 3.8) is 0 Å². The van der Waals surface area contributed by atoms with E-state index in [4.69, 9.17) is 10.3 Å². The van der Waals surface area contributed by atoms with Gasteiger partial charge >= 0.3 is 0 Å². The van der Waals surface area contributed by atoms with Gasteiger partial charge in [-0.25, -0.2) is 15.5 Å². The van der Waals surface area contributed by atoms with Crippen molar-refractivity contribution in [2.75, 3.05) is 23.8 Å². The molecule has 1 aliphatic heterocycles. The number of nitrogens with one attached hydrogen (secondary N) is 3. The summed E-state index contributed by atoms with van der Waals surface area (Å²) in [4.78, 5) is 20.5. The molecule has 1 fully saturated rings. The summed E-state index contributed by atoms with van der Waals surface area (Å²) in [6, 6.07) is 5.62. The van der Waals surface area contributed by atoms with Crippen LogP contribution in [0.15, 0.2) is 35.7 Å². The number of hydrogen-bond donors (Lipinski definition) is 3. The largest absolute Gasteiger partial charge is 0.482 e. The lowest BCUT2D eigenvalue weighted by molar-refractivity contribution is -0.118. The summed E-state index contributed by atoms with van der Waals surface area (Å²) >= 11 is 0. The number of amides is 1. The number of carbonyl (C=O) groups excluding carboxylic acids is 1. The molecule has 1 atom stereocenters. The van der Waals surface area contributed by atoms with Crippen LogP contribution >= 0.6 is 0 Å². The molecule has 5 rings (SSSR count). The molecule has 2 aliphatic carbocycles. The van der Waals surface area contributed by atoms with Crippen LogP contribution in [0.4, 0.5) is 11.4 Å². The van der Waals surface area contributed by atoms with E-state index in [2.05, 4.69) is 37.9 Å². The van der Waals surface area contributed by atoms with Gasteiger partial charge < -0.3 is 15.4 Å². The molecule has 8 heteroatoms. The lowest BCUT2D eigenvalue weighted by Gasteiger charge is -2.32. The van der Waals surface area contributed by atoms with E-state index in [1.807, 2.05) is 18.2 Å². The first-order chi connectivity index (χ1) is 15.7. The summed E-state index contributed by atoms with van der Waals surface area (Å²) in [6.07, 6.45) is 12.1. The number of ether oxygens (including phenoxy) is 1. The summed E-state index contributed by atoms with van der Waals surface area (Å²) in [5.41, 5.74) is 12.6. The van der Waals surface area contributed by atoms with E-state index in [1.165, 1.54) is 0 Å². The second kappa shape index (κ2) is 9.06. The van der Waals surface area contributed by atoms with Crippen molar-refractivity contribution in [1.82, 2.24) is 9.97 Å². The smallest absolute Gasteiger partial charge is 0.262 e. The first-order valence-electron chi connectivity index (χ1n) is 11.4. The maximum atomic E-state index is 11.5. The third kappa shape index (κ3) is 4.22. The van der Waals surface area contributed by atoms with Gasteiger partial charge in [-0.15, -0.1) is 0 Å². The Bertz CT molecular complexity index is 1040. The number of aromatic nitrogens is 2. The van der Waals surface area contributed by atoms with Crippen LogP contribution in [0.25, 0.3) is 6.08 Å². The lowest BCUT2D eigenvalue weighted by atomic mass is 9.77. The summed E-state index contributed by atoms with van der Waals surface area (Å²) in [5, 5.41) is 10.4. The first-order valence-corrected chi connectivity index (χ1v) is 11.4. The first kappa shape index (κ1) is 20.6. The number of anilines is 2. The molecule has 3 aliphatic rings. The van der Waals surface area contributed by atoms with Crippen LogP contribution in [0.1, 0.15) is 55.1 Å². The van der Waals surface area contributed by atoms with Gasteiger partial charge in [0.05, 0.1) is 17.1 Å². The van der Waals surface area contributed by atoms with Crippen molar-refractivity contribution < 1.29 is 9.53 Å². The van der Waals surface area contributed by atoms with Gasteiger partial charge in [0, 0.05) is 17.8 Å². The zero-order valence-corrected chi connectivity index (χ0v) is 18.0. The van der Waals surface area contributed by atoms with E-state index >= 15 is 0 Å². The van der Waals surface area contributed by atoms with Crippen molar-refractivity contribution >= 4 is 23.4 Å². The fourth-order valence-corrected chi connectivity index (χ4v) is 5.04. The molecular weight excluding hydrogens is 404 g/mol. The Morgan fingerprint density at radius 3 is 2.97 bits per heavy atom. The van der Waals surface area contributed by atoms with E-state index in [9.17, 15) is 4.79 Å². The molecule has 1 aromatic carbocycles. The second-order valence-corrected chi connectivity index (χ2v) is 8.84. The van der Waals surface area contributed by atoms with Crippen LogP contribution in [0, 0.1) is 17.4 Å². The maximum Gasteiger partial charge on any atom is 0.262 e. The number of allylic oxidation sites excluding steroid dienone is 1. The van der Waals surface area contributed by atoms with Crippen molar-refractivity contribution in [1.29, 1.82) is 5.53 Å². The Morgan fingerprint density at radius 2 is 2.12 bits per heavy atom. The van der Waals surface area contributed by atoms with Crippen LogP contribution in [-0.4, -0.2) is 29.0 Å². The molecule has 1 aromatic heterocycles. The van der Waals surface area contributed by atoms with Crippen LogP contribution in [-0.2, 0) is 11.2 Å². The Hall–Kier alpha value is -3.29. The van der Waals surface area contributed by atoms with Crippen LogP contribution < -0.4 is 15.4 Å². The number of rotatable bonds is 6. The molecular formula is C24H28N6O2. The van der Waals surface area contributed by atoms with Crippen molar-refractivity contribution in [3.05, 3.63) is 47.6 Å². The predicted molar refractivity (Wildman–Crippen MR) is 122 cm³/mol. The molecule has 1 saturated carbocycles. The molecule has 0 spiro atoms. The normalized spacial score (nSPS) is 22.7. The topological polar surface area (TPSA) is 112 Å². The standard InChI is InChI=1S/C24H28N6O2/c25-30-23(24-18-3-1-2-4-19(18)27-14-28-24)16-7-5-15(6-8-16)12-26-17-9-10-21-20(11-17)29-22(31)13-32-21/h1,3,9-11,14-16,23,25-26H,2,4-8,12-13H2,(H,29,31). The molecule has 166 valence electrons. The van der Waals surface area contributed by atoms with Gasteiger partial charge in [-0.05, 0) is 68.6 Å². The molecule has 3 N–H and O–H groups in total. The Balaban J connectivity index is 1.19. The Morgan fingerprint density at radius 1 is 1.25 bits per heavy atom. The number of aryl methyl sites for hydroxylation is 1. The molecule has 0 saturated heterocycles. The average molecular weight is 433 g/mol. The highest BCUT2D eigenvalue weighted by atomic mass is 16.5. The zero-order valence-electron chi connectivity index (χ0n) is 18.0. The van der Waals surface area contributed by atoms with Gasteiger partial charge in [0.25, 0.3) is 5.91 Å². The van der Waals surface area contributed by atoms with Gasteiger partial charge in [-0.1, -0.05) is 12.2 Å². The minimum absolute atomic E-state index is 0.0721. The van der Waals surface area contributed by atoms with Crippen molar-refractivity contribution in [3.8, 4) is 5.75 Å². The van der Waals surface area contributed by atoms with E-state index < -0.39 is 0 Å². The second-order valence-electron chi connectivity index (χ2n) is 8.84. The van der Waals surface area contributed by atoms with Gasteiger partial charge in [0.2, 0.25) is 0 Å². The van der Waals surface area contributed by atoms with Crippen molar-refractivity contribution in [2.45, 2.75) is 44.6 Å².